The summed E-state index contributed by atoms with van der Waals surface area (Å²) in [6.07, 6.45) is 0. The molecule has 3 heteroatoms. The topological polar surface area (TPSA) is 0 Å². The molecule has 1 aromatic rings. The highest BCUT2D eigenvalue weighted by molar-refractivity contribution is 14.1. The Labute approximate surface area is 67.9 Å². The standard InChI is InChI=1S/C6H5BFI/c8-7-5-1-3-6(9)4-2-5/h1-4,7H. The predicted molar refractivity (Wildman–Crippen MR) is 47.1 cm³/mol. The van der Waals surface area contributed by atoms with E-state index in [0.29, 0.717) is 0 Å². The fourth-order valence-electron chi connectivity index (χ4n) is 0.573. The van der Waals surface area contributed by atoms with Gasteiger partial charge in [-0.1, -0.05) is 12.1 Å². The highest BCUT2D eigenvalue weighted by atomic mass is 127. The average Bonchev–Trinajstić information content (AvgIpc) is 1.90. The Morgan fingerprint density at radius 2 is 1.78 bits per heavy atom. The molecule has 0 aromatic heterocycles. The van der Waals surface area contributed by atoms with E-state index in [0.717, 1.165) is 9.03 Å². The second-order valence-electron chi connectivity index (χ2n) is 1.76. The van der Waals surface area contributed by atoms with E-state index in [4.69, 9.17) is 0 Å². The fraction of sp³-hybridized carbons (Fsp3) is 0. The van der Waals surface area contributed by atoms with Crippen molar-refractivity contribution in [1.82, 2.24) is 0 Å². The molecule has 0 radical (unpaired) electrons. The Morgan fingerprint density at radius 3 is 2.22 bits per heavy atom. The van der Waals surface area contributed by atoms with Gasteiger partial charge < -0.3 is 4.32 Å². The smallest absolute Gasteiger partial charge is 0.335 e. The minimum absolute atomic E-state index is 0.364. The van der Waals surface area contributed by atoms with Crippen LogP contribution in [0.2, 0.25) is 0 Å². The third-order valence-electron chi connectivity index (χ3n) is 1.07. The predicted octanol–water partition coefficient (Wildman–Crippen LogP) is 1.24. The van der Waals surface area contributed by atoms with Crippen LogP contribution in [0, 0.1) is 3.57 Å². The second-order valence-corrected chi connectivity index (χ2v) is 3.01. The molecule has 0 aliphatic carbocycles. The third kappa shape index (κ3) is 1.97. The molecular formula is C6H5BFI. The highest BCUT2D eigenvalue weighted by Gasteiger charge is 1.91. The first kappa shape index (κ1) is 7.06. The lowest BCUT2D eigenvalue weighted by atomic mass is 9.92. The second kappa shape index (κ2) is 3.20. The van der Waals surface area contributed by atoms with Crippen LogP contribution in [0.4, 0.5) is 4.32 Å². The quantitative estimate of drug-likeness (QED) is 0.506. The Morgan fingerprint density at radius 1 is 1.22 bits per heavy atom. The minimum Gasteiger partial charge on any atom is -0.335 e. The first-order valence-corrected chi connectivity index (χ1v) is 3.71. The summed E-state index contributed by atoms with van der Waals surface area (Å²) in [7, 11) is -0.364. The molecule has 1 aromatic carbocycles. The van der Waals surface area contributed by atoms with Crippen molar-refractivity contribution in [2.45, 2.75) is 0 Å². The molecule has 0 aliphatic heterocycles. The number of hydrogen-bond acceptors (Lipinski definition) is 0. The summed E-state index contributed by atoms with van der Waals surface area (Å²) >= 11 is 2.19. The van der Waals surface area contributed by atoms with Gasteiger partial charge in [-0.3, -0.25) is 0 Å². The van der Waals surface area contributed by atoms with Gasteiger partial charge >= 0.3 is 7.56 Å². The van der Waals surface area contributed by atoms with Gasteiger partial charge in [0, 0.05) is 3.57 Å². The minimum atomic E-state index is -0.364. The van der Waals surface area contributed by atoms with Gasteiger partial charge in [0.15, 0.2) is 0 Å². The van der Waals surface area contributed by atoms with Gasteiger partial charge in [-0.15, -0.1) is 0 Å². The maximum atomic E-state index is 11.9. The third-order valence-corrected chi connectivity index (χ3v) is 1.79. The summed E-state index contributed by atoms with van der Waals surface area (Å²) in [5, 5.41) is 0. The maximum Gasteiger partial charge on any atom is 0.364 e. The maximum absolute atomic E-state index is 11.9. The van der Waals surface area contributed by atoms with Gasteiger partial charge in [-0.25, -0.2) is 0 Å². The lowest BCUT2D eigenvalue weighted by Crippen LogP contribution is -2.07. The SMILES string of the molecule is FBc1ccc(I)cc1. The monoisotopic (exact) mass is 234 g/mol. The molecule has 0 heterocycles. The van der Waals surface area contributed by atoms with E-state index in [2.05, 4.69) is 22.6 Å². The van der Waals surface area contributed by atoms with Crippen LogP contribution in [0.1, 0.15) is 0 Å². The average molecular weight is 234 g/mol. The molecule has 0 bridgehead atoms. The van der Waals surface area contributed by atoms with Crippen molar-refractivity contribution in [3.63, 3.8) is 0 Å². The van der Waals surface area contributed by atoms with Gasteiger partial charge in [0.25, 0.3) is 0 Å². The van der Waals surface area contributed by atoms with E-state index in [1.165, 1.54) is 0 Å². The lowest BCUT2D eigenvalue weighted by Gasteiger charge is -1.90. The molecule has 0 amide bonds. The van der Waals surface area contributed by atoms with Gasteiger partial charge in [0.2, 0.25) is 0 Å². The van der Waals surface area contributed by atoms with Crippen molar-refractivity contribution in [3.05, 3.63) is 27.8 Å². The van der Waals surface area contributed by atoms with Crippen LogP contribution in [0.15, 0.2) is 24.3 Å². The molecule has 0 unspecified atom stereocenters. The molecule has 0 fully saturated rings. The summed E-state index contributed by atoms with van der Waals surface area (Å²) in [4.78, 5) is 0. The summed E-state index contributed by atoms with van der Waals surface area (Å²) in [6.45, 7) is 0. The van der Waals surface area contributed by atoms with E-state index in [-0.39, 0.29) is 7.56 Å². The Kier molecular flexibility index (Phi) is 2.51. The molecular weight excluding hydrogens is 229 g/mol. The van der Waals surface area contributed by atoms with Gasteiger partial charge in [-0.05, 0) is 40.2 Å². The first-order valence-electron chi connectivity index (χ1n) is 2.63. The Balaban J connectivity index is 2.88. The van der Waals surface area contributed by atoms with Gasteiger partial charge in [0.1, 0.15) is 0 Å². The van der Waals surface area contributed by atoms with E-state index < -0.39 is 0 Å². The summed E-state index contributed by atoms with van der Waals surface area (Å²) < 4.78 is 13.0. The van der Waals surface area contributed by atoms with E-state index in [1.54, 1.807) is 12.1 Å². The van der Waals surface area contributed by atoms with Crippen molar-refractivity contribution in [2.24, 2.45) is 0 Å². The molecule has 0 saturated heterocycles. The molecule has 1 rings (SSSR count). The fourth-order valence-corrected chi connectivity index (χ4v) is 0.933. The zero-order valence-electron chi connectivity index (χ0n) is 4.77. The number of hydrogen-bond donors (Lipinski definition) is 0. The van der Waals surface area contributed by atoms with E-state index >= 15 is 0 Å². The lowest BCUT2D eigenvalue weighted by molar-refractivity contribution is 0.885. The molecule has 0 atom stereocenters. The molecule has 9 heavy (non-hydrogen) atoms. The molecule has 0 aliphatic rings. The van der Waals surface area contributed by atoms with Crippen LogP contribution >= 0.6 is 22.6 Å². The van der Waals surface area contributed by atoms with E-state index in [1.807, 2.05) is 12.1 Å². The molecule has 0 spiro atoms. The zero-order chi connectivity index (χ0) is 6.69. The van der Waals surface area contributed by atoms with E-state index in [9.17, 15) is 4.32 Å². The number of halogens is 2. The summed E-state index contributed by atoms with van der Waals surface area (Å²) in [6, 6.07) is 7.38. The number of benzene rings is 1. The molecule has 46 valence electrons. The van der Waals surface area contributed by atoms with Crippen molar-refractivity contribution in [3.8, 4) is 0 Å². The van der Waals surface area contributed by atoms with Crippen LogP contribution in [-0.4, -0.2) is 7.56 Å². The Bertz CT molecular complexity index is 185. The van der Waals surface area contributed by atoms with Crippen molar-refractivity contribution >= 4 is 35.6 Å². The van der Waals surface area contributed by atoms with Crippen molar-refractivity contribution in [2.75, 3.05) is 0 Å². The molecule has 0 saturated carbocycles. The van der Waals surface area contributed by atoms with Crippen LogP contribution in [0.5, 0.6) is 0 Å². The largest absolute Gasteiger partial charge is 0.364 e. The summed E-state index contributed by atoms with van der Waals surface area (Å²) in [5.41, 5.74) is 0.746. The Hall–Kier alpha value is -0.0551. The highest BCUT2D eigenvalue weighted by Crippen LogP contribution is 1.99. The summed E-state index contributed by atoms with van der Waals surface area (Å²) in [5.74, 6) is 0. The van der Waals surface area contributed by atoms with Crippen LogP contribution in [0.3, 0.4) is 0 Å². The number of rotatable bonds is 1. The van der Waals surface area contributed by atoms with Crippen molar-refractivity contribution in [1.29, 1.82) is 0 Å². The molecule has 0 N–H and O–H groups in total. The normalized spacial score (nSPS) is 9.11. The molecule has 0 nitrogen and oxygen atoms in total. The van der Waals surface area contributed by atoms with Crippen LogP contribution in [-0.2, 0) is 0 Å². The van der Waals surface area contributed by atoms with Gasteiger partial charge in [-0.2, -0.15) is 0 Å². The zero-order valence-corrected chi connectivity index (χ0v) is 6.93. The first-order chi connectivity index (χ1) is 4.33. The van der Waals surface area contributed by atoms with Crippen LogP contribution in [0.25, 0.3) is 0 Å². The van der Waals surface area contributed by atoms with Crippen molar-refractivity contribution < 1.29 is 4.32 Å². The van der Waals surface area contributed by atoms with Crippen LogP contribution < -0.4 is 5.46 Å². The van der Waals surface area contributed by atoms with Gasteiger partial charge in [0.05, 0.1) is 0 Å².